The summed E-state index contributed by atoms with van der Waals surface area (Å²) in [5.41, 5.74) is 1.75. The van der Waals surface area contributed by atoms with E-state index in [0.717, 1.165) is 11.1 Å². The molecule has 0 unspecified atom stereocenters. The first kappa shape index (κ1) is 17.3. The number of nitrogens with one attached hydrogen (secondary N) is 2. The first-order chi connectivity index (χ1) is 12.7. The van der Waals surface area contributed by atoms with Gasteiger partial charge in [-0.05, 0) is 21.6 Å². The Balaban J connectivity index is 1.66. The Morgan fingerprint density at radius 2 is 1.65 bits per heavy atom. The normalized spacial score (nSPS) is 11.5. The zero-order valence-corrected chi connectivity index (χ0v) is 13.8. The van der Waals surface area contributed by atoms with Crippen molar-refractivity contribution in [2.75, 3.05) is 0 Å². The number of ether oxygens (including phenoxy) is 1. The summed E-state index contributed by atoms with van der Waals surface area (Å²) in [7, 11) is 0. The third-order valence-corrected chi connectivity index (χ3v) is 3.68. The number of aromatic nitrogens is 4. The molecule has 0 saturated carbocycles. The molecule has 3 rings (SSSR count). The summed E-state index contributed by atoms with van der Waals surface area (Å²) < 4.78 is 5.20. The molecule has 0 bridgehead atoms. The molecule has 0 aliphatic rings. The molecule has 0 fully saturated rings. The van der Waals surface area contributed by atoms with Gasteiger partial charge in [0, 0.05) is 6.42 Å². The molecule has 3 aromatic rings. The van der Waals surface area contributed by atoms with Crippen molar-refractivity contribution in [2.45, 2.75) is 19.1 Å². The number of rotatable bonds is 7. The number of tetrazole rings is 1. The molecule has 1 amide bonds. The number of ketones is 1. The summed E-state index contributed by atoms with van der Waals surface area (Å²) in [6.07, 6.45) is -0.392. The molecule has 26 heavy (non-hydrogen) atoms. The maximum atomic E-state index is 12.6. The molecule has 0 aliphatic carbocycles. The van der Waals surface area contributed by atoms with E-state index >= 15 is 0 Å². The summed E-state index contributed by atoms with van der Waals surface area (Å²) in [5, 5.41) is 15.4. The van der Waals surface area contributed by atoms with Crippen LogP contribution in [0, 0.1) is 0 Å². The molecule has 0 aliphatic heterocycles. The Morgan fingerprint density at radius 3 is 2.27 bits per heavy atom. The molecule has 2 N–H and O–H groups in total. The second-order valence-electron chi connectivity index (χ2n) is 5.56. The molecule has 1 atom stereocenters. The van der Waals surface area contributed by atoms with Crippen molar-refractivity contribution in [3.05, 3.63) is 77.6 Å². The number of H-pyrrole nitrogens is 1. The van der Waals surface area contributed by atoms with Crippen molar-refractivity contribution in [2.24, 2.45) is 0 Å². The van der Waals surface area contributed by atoms with Gasteiger partial charge in [-0.1, -0.05) is 60.7 Å². The van der Waals surface area contributed by atoms with Crippen LogP contribution in [0.25, 0.3) is 0 Å². The lowest BCUT2D eigenvalue weighted by atomic mass is 10.0. The Bertz CT molecular complexity index is 838. The molecule has 0 radical (unpaired) electrons. The van der Waals surface area contributed by atoms with E-state index in [-0.39, 0.29) is 12.4 Å². The minimum atomic E-state index is -0.851. The zero-order chi connectivity index (χ0) is 18.2. The molecular weight excluding hydrogens is 334 g/mol. The number of amides is 1. The lowest BCUT2D eigenvalue weighted by Gasteiger charge is -2.16. The van der Waals surface area contributed by atoms with Gasteiger partial charge in [-0.25, -0.2) is 9.89 Å². The van der Waals surface area contributed by atoms with Gasteiger partial charge in [-0.2, -0.15) is 0 Å². The highest BCUT2D eigenvalue weighted by Crippen LogP contribution is 2.08. The largest absolute Gasteiger partial charge is 0.445 e. The van der Waals surface area contributed by atoms with Gasteiger partial charge in [0.05, 0.1) is 0 Å². The van der Waals surface area contributed by atoms with Crippen LogP contribution >= 0.6 is 0 Å². The van der Waals surface area contributed by atoms with Crippen molar-refractivity contribution >= 4 is 11.9 Å². The van der Waals surface area contributed by atoms with Crippen LogP contribution in [0.4, 0.5) is 4.79 Å². The first-order valence-electron chi connectivity index (χ1n) is 8.01. The molecule has 8 heteroatoms. The molecule has 132 valence electrons. The van der Waals surface area contributed by atoms with Crippen LogP contribution in [0.5, 0.6) is 0 Å². The van der Waals surface area contributed by atoms with E-state index in [1.165, 1.54) is 0 Å². The molecular formula is C18H17N5O3. The van der Waals surface area contributed by atoms with Gasteiger partial charge in [0.25, 0.3) is 0 Å². The number of carbonyl (C=O) groups excluding carboxylic acids is 2. The molecule has 0 saturated heterocycles. The van der Waals surface area contributed by atoms with Crippen LogP contribution in [0.2, 0.25) is 0 Å². The quantitative estimate of drug-likeness (QED) is 0.629. The first-order valence-corrected chi connectivity index (χ1v) is 8.01. The lowest BCUT2D eigenvalue weighted by Crippen LogP contribution is -2.43. The molecule has 1 heterocycles. The number of benzene rings is 2. The van der Waals surface area contributed by atoms with Crippen LogP contribution in [-0.2, 0) is 17.8 Å². The Hall–Kier alpha value is -3.55. The van der Waals surface area contributed by atoms with E-state index in [4.69, 9.17) is 4.74 Å². The Labute approximate surface area is 149 Å². The van der Waals surface area contributed by atoms with E-state index in [2.05, 4.69) is 25.9 Å². The maximum absolute atomic E-state index is 12.6. The van der Waals surface area contributed by atoms with Gasteiger partial charge >= 0.3 is 6.09 Å². The summed E-state index contributed by atoms with van der Waals surface area (Å²) in [6, 6.07) is 17.8. The van der Waals surface area contributed by atoms with Gasteiger partial charge in [0.1, 0.15) is 12.6 Å². The fourth-order valence-electron chi connectivity index (χ4n) is 2.39. The van der Waals surface area contributed by atoms with Crippen LogP contribution in [-0.4, -0.2) is 38.5 Å². The van der Waals surface area contributed by atoms with Crippen LogP contribution in [0.1, 0.15) is 21.7 Å². The fraction of sp³-hybridized carbons (Fsp3) is 0.167. The van der Waals surface area contributed by atoms with Gasteiger partial charge in [-0.3, -0.25) is 4.79 Å². The number of nitrogens with zero attached hydrogens (tertiary/aromatic N) is 3. The monoisotopic (exact) mass is 351 g/mol. The number of aromatic amines is 1. The van der Waals surface area contributed by atoms with Gasteiger partial charge in [-0.15, -0.1) is 5.10 Å². The SMILES string of the molecule is O=C(N[C@@H](Cc1ccccc1)C(=O)c1nnn[nH]1)OCc1ccccc1. The number of alkyl carbamates (subject to hydrolysis) is 1. The maximum Gasteiger partial charge on any atom is 0.408 e. The van der Waals surface area contributed by atoms with Gasteiger partial charge in [0.2, 0.25) is 11.6 Å². The van der Waals surface area contributed by atoms with E-state index in [9.17, 15) is 9.59 Å². The van der Waals surface area contributed by atoms with E-state index in [0.29, 0.717) is 6.42 Å². The highest BCUT2D eigenvalue weighted by atomic mass is 16.5. The Morgan fingerprint density at radius 1 is 1.00 bits per heavy atom. The number of hydrogen-bond acceptors (Lipinski definition) is 6. The third kappa shape index (κ3) is 4.73. The van der Waals surface area contributed by atoms with E-state index in [1.807, 2.05) is 60.7 Å². The number of Topliss-reactive ketones (excluding diaryl/α,β-unsaturated/α-hetero) is 1. The molecule has 2 aromatic carbocycles. The number of hydrogen-bond donors (Lipinski definition) is 2. The number of carbonyl (C=O) groups is 2. The summed E-state index contributed by atoms with van der Waals surface area (Å²) in [4.78, 5) is 24.7. The summed E-state index contributed by atoms with van der Waals surface area (Å²) in [5.74, 6) is -0.440. The van der Waals surface area contributed by atoms with E-state index < -0.39 is 17.9 Å². The topological polar surface area (TPSA) is 110 Å². The lowest BCUT2D eigenvalue weighted by molar-refractivity contribution is 0.0906. The zero-order valence-electron chi connectivity index (χ0n) is 13.8. The second kappa shape index (κ2) is 8.52. The average Bonchev–Trinajstić information content (AvgIpc) is 3.22. The minimum Gasteiger partial charge on any atom is -0.445 e. The Kier molecular flexibility index (Phi) is 5.66. The predicted molar refractivity (Wildman–Crippen MR) is 92.2 cm³/mol. The van der Waals surface area contributed by atoms with Crippen molar-refractivity contribution in [3.63, 3.8) is 0 Å². The highest BCUT2D eigenvalue weighted by molar-refractivity contribution is 5.98. The standard InChI is InChI=1S/C18H17N5O3/c24-16(17-20-22-23-21-17)15(11-13-7-3-1-4-8-13)19-18(25)26-12-14-9-5-2-6-10-14/h1-10,15H,11-12H2,(H,19,25)(H,20,21,22,23)/t15-/m0/s1. The van der Waals surface area contributed by atoms with Gasteiger partial charge < -0.3 is 10.1 Å². The van der Waals surface area contributed by atoms with Crippen molar-refractivity contribution in [3.8, 4) is 0 Å². The third-order valence-electron chi connectivity index (χ3n) is 3.68. The van der Waals surface area contributed by atoms with Crippen molar-refractivity contribution < 1.29 is 14.3 Å². The highest BCUT2D eigenvalue weighted by Gasteiger charge is 2.25. The van der Waals surface area contributed by atoms with Crippen LogP contribution < -0.4 is 5.32 Å². The minimum absolute atomic E-state index is 0.0192. The fourth-order valence-corrected chi connectivity index (χ4v) is 2.39. The van der Waals surface area contributed by atoms with Gasteiger partial charge in [0.15, 0.2) is 0 Å². The smallest absolute Gasteiger partial charge is 0.408 e. The molecule has 8 nitrogen and oxygen atoms in total. The molecule has 0 spiro atoms. The van der Waals surface area contributed by atoms with E-state index in [1.54, 1.807) is 0 Å². The predicted octanol–water partition coefficient (Wildman–Crippen LogP) is 1.92. The summed E-state index contributed by atoms with van der Waals surface area (Å²) >= 11 is 0. The van der Waals surface area contributed by atoms with Crippen molar-refractivity contribution in [1.29, 1.82) is 0 Å². The van der Waals surface area contributed by atoms with Crippen LogP contribution in [0.15, 0.2) is 60.7 Å². The summed E-state index contributed by atoms with van der Waals surface area (Å²) in [6.45, 7) is 0.114. The average molecular weight is 351 g/mol. The van der Waals surface area contributed by atoms with Crippen LogP contribution in [0.3, 0.4) is 0 Å². The second-order valence-corrected chi connectivity index (χ2v) is 5.56. The van der Waals surface area contributed by atoms with Crippen molar-refractivity contribution in [1.82, 2.24) is 25.9 Å². The molecule has 1 aromatic heterocycles.